The SMILES string of the molecule is Cc1ccc2[nH]cc(C(=O)C(=O)N(C(C)C)C(C)C)c2c1OCc1ccccc1. The first-order valence-corrected chi connectivity index (χ1v) is 9.95. The highest BCUT2D eigenvalue weighted by Crippen LogP contribution is 2.33. The van der Waals surface area contributed by atoms with Crippen molar-refractivity contribution in [3.63, 3.8) is 0 Å². The average molecular weight is 392 g/mol. The van der Waals surface area contributed by atoms with Gasteiger partial charge in [-0.05, 0) is 51.8 Å². The Labute approximate surface area is 171 Å². The van der Waals surface area contributed by atoms with Crippen LogP contribution in [-0.4, -0.2) is 33.7 Å². The zero-order chi connectivity index (χ0) is 21.1. The molecule has 3 rings (SSSR count). The van der Waals surface area contributed by atoms with Gasteiger partial charge in [-0.3, -0.25) is 9.59 Å². The molecule has 0 atom stereocenters. The van der Waals surface area contributed by atoms with Crippen molar-refractivity contribution in [2.75, 3.05) is 0 Å². The van der Waals surface area contributed by atoms with Gasteiger partial charge in [0.2, 0.25) is 0 Å². The summed E-state index contributed by atoms with van der Waals surface area (Å²) in [5.74, 6) is -0.385. The second kappa shape index (κ2) is 8.52. The third-order valence-electron chi connectivity index (χ3n) is 5.01. The summed E-state index contributed by atoms with van der Waals surface area (Å²) in [6.07, 6.45) is 1.61. The number of Topliss-reactive ketones (excluding diaryl/α,β-unsaturated/α-hetero) is 1. The van der Waals surface area contributed by atoms with Crippen molar-refractivity contribution >= 4 is 22.6 Å². The Morgan fingerprint density at radius 3 is 2.28 bits per heavy atom. The number of nitrogens with zero attached hydrogens (tertiary/aromatic N) is 1. The van der Waals surface area contributed by atoms with Gasteiger partial charge >= 0.3 is 0 Å². The minimum absolute atomic E-state index is 0.0628. The highest BCUT2D eigenvalue weighted by Gasteiger charge is 2.30. The van der Waals surface area contributed by atoms with Gasteiger partial charge in [0.25, 0.3) is 11.7 Å². The van der Waals surface area contributed by atoms with E-state index < -0.39 is 11.7 Å². The fourth-order valence-electron chi connectivity index (χ4n) is 3.69. The van der Waals surface area contributed by atoms with Gasteiger partial charge < -0.3 is 14.6 Å². The standard InChI is InChI=1S/C24H28N2O3/c1-15(2)26(16(3)4)24(28)22(27)19-13-25-20-12-11-17(5)23(21(19)20)29-14-18-9-7-6-8-10-18/h6-13,15-16,25H,14H2,1-5H3. The van der Waals surface area contributed by atoms with Crippen LogP contribution < -0.4 is 4.74 Å². The van der Waals surface area contributed by atoms with Crippen LogP contribution in [-0.2, 0) is 11.4 Å². The largest absolute Gasteiger partial charge is 0.488 e. The van der Waals surface area contributed by atoms with Crippen LogP contribution in [0, 0.1) is 6.92 Å². The van der Waals surface area contributed by atoms with Crippen LogP contribution in [0.5, 0.6) is 5.75 Å². The Morgan fingerprint density at radius 2 is 1.66 bits per heavy atom. The topological polar surface area (TPSA) is 62.4 Å². The summed E-state index contributed by atoms with van der Waals surface area (Å²) in [5.41, 5.74) is 3.08. The highest BCUT2D eigenvalue weighted by molar-refractivity contribution is 6.45. The minimum atomic E-state index is -0.520. The van der Waals surface area contributed by atoms with E-state index in [1.165, 1.54) is 0 Å². The van der Waals surface area contributed by atoms with Gasteiger partial charge in [-0.25, -0.2) is 0 Å². The van der Waals surface area contributed by atoms with E-state index in [1.807, 2.05) is 77.1 Å². The van der Waals surface area contributed by atoms with Crippen LogP contribution in [0.2, 0.25) is 0 Å². The number of hydrogen-bond donors (Lipinski definition) is 1. The van der Waals surface area contributed by atoms with Gasteiger partial charge in [0, 0.05) is 23.8 Å². The number of amides is 1. The molecule has 1 heterocycles. The number of aromatic amines is 1. The average Bonchev–Trinajstić information content (AvgIpc) is 3.11. The Bertz CT molecular complexity index is 1010. The summed E-state index contributed by atoms with van der Waals surface area (Å²) in [5, 5.41) is 0.659. The van der Waals surface area contributed by atoms with E-state index in [1.54, 1.807) is 11.1 Å². The number of aromatic nitrogens is 1. The quantitative estimate of drug-likeness (QED) is 0.460. The third-order valence-corrected chi connectivity index (χ3v) is 5.01. The van der Waals surface area contributed by atoms with E-state index >= 15 is 0 Å². The van der Waals surface area contributed by atoms with Gasteiger partial charge in [0.05, 0.1) is 10.9 Å². The third kappa shape index (κ3) is 4.19. The molecule has 0 saturated heterocycles. The zero-order valence-electron chi connectivity index (χ0n) is 17.7. The van der Waals surface area contributed by atoms with Gasteiger partial charge in [0.15, 0.2) is 0 Å². The Hall–Kier alpha value is -3.08. The molecule has 0 spiro atoms. The van der Waals surface area contributed by atoms with Gasteiger partial charge in [-0.1, -0.05) is 36.4 Å². The summed E-state index contributed by atoms with van der Waals surface area (Å²) in [4.78, 5) is 30.8. The van der Waals surface area contributed by atoms with Crippen LogP contribution in [0.3, 0.4) is 0 Å². The molecule has 0 saturated carbocycles. The van der Waals surface area contributed by atoms with E-state index in [4.69, 9.17) is 4.74 Å². The van der Waals surface area contributed by atoms with E-state index in [0.717, 1.165) is 16.6 Å². The van der Waals surface area contributed by atoms with E-state index in [2.05, 4.69) is 4.98 Å². The first kappa shape index (κ1) is 20.6. The number of rotatable bonds is 7. The molecule has 5 nitrogen and oxygen atoms in total. The molecule has 3 aromatic rings. The van der Waals surface area contributed by atoms with Gasteiger partial charge in [-0.2, -0.15) is 0 Å². The lowest BCUT2D eigenvalue weighted by atomic mass is 10.0. The van der Waals surface area contributed by atoms with Crippen LogP contribution in [0.25, 0.3) is 10.9 Å². The Balaban J connectivity index is 2.00. The molecule has 1 N–H and O–H groups in total. The van der Waals surface area contributed by atoms with Gasteiger partial charge in [0.1, 0.15) is 12.4 Å². The molecule has 152 valence electrons. The zero-order valence-corrected chi connectivity index (χ0v) is 17.7. The molecule has 5 heteroatoms. The number of ether oxygens (including phenoxy) is 1. The van der Waals surface area contributed by atoms with E-state index in [0.29, 0.717) is 23.3 Å². The molecule has 0 aliphatic rings. The molecule has 0 fully saturated rings. The van der Waals surface area contributed by atoms with Crippen molar-refractivity contribution in [3.8, 4) is 5.75 Å². The molecule has 0 bridgehead atoms. The van der Waals surface area contributed by atoms with Crippen molar-refractivity contribution in [2.24, 2.45) is 0 Å². The van der Waals surface area contributed by atoms with Crippen molar-refractivity contribution in [1.82, 2.24) is 9.88 Å². The Morgan fingerprint density at radius 1 is 1.00 bits per heavy atom. The highest BCUT2D eigenvalue weighted by atomic mass is 16.5. The van der Waals surface area contributed by atoms with Crippen molar-refractivity contribution in [1.29, 1.82) is 0 Å². The maximum absolute atomic E-state index is 13.1. The number of carbonyl (C=O) groups excluding carboxylic acids is 2. The number of hydrogen-bond acceptors (Lipinski definition) is 3. The van der Waals surface area contributed by atoms with Crippen LogP contribution in [0.4, 0.5) is 0 Å². The lowest BCUT2D eigenvalue weighted by Gasteiger charge is -2.30. The number of ketones is 1. The fraction of sp³-hybridized carbons (Fsp3) is 0.333. The van der Waals surface area contributed by atoms with Crippen molar-refractivity contribution in [2.45, 2.75) is 53.3 Å². The maximum atomic E-state index is 13.1. The van der Waals surface area contributed by atoms with Crippen LogP contribution in [0.1, 0.15) is 49.2 Å². The van der Waals surface area contributed by atoms with Crippen molar-refractivity contribution < 1.29 is 14.3 Å². The fourth-order valence-corrected chi connectivity index (χ4v) is 3.69. The summed E-state index contributed by atoms with van der Waals surface area (Å²) in [6, 6.07) is 13.6. The smallest absolute Gasteiger partial charge is 0.295 e. The van der Waals surface area contributed by atoms with E-state index in [9.17, 15) is 9.59 Å². The molecule has 0 radical (unpaired) electrons. The second-order valence-electron chi connectivity index (χ2n) is 7.84. The number of benzene rings is 2. The molecular formula is C24H28N2O3. The predicted octanol–water partition coefficient (Wildman–Crippen LogP) is 4.88. The predicted molar refractivity (Wildman–Crippen MR) is 115 cm³/mol. The molecule has 0 unspecified atom stereocenters. The monoisotopic (exact) mass is 392 g/mol. The van der Waals surface area contributed by atoms with Crippen LogP contribution in [0.15, 0.2) is 48.7 Å². The second-order valence-corrected chi connectivity index (χ2v) is 7.84. The summed E-state index contributed by atoms with van der Waals surface area (Å²) in [7, 11) is 0. The molecule has 1 amide bonds. The van der Waals surface area contributed by atoms with Crippen LogP contribution >= 0.6 is 0 Å². The maximum Gasteiger partial charge on any atom is 0.295 e. The minimum Gasteiger partial charge on any atom is -0.488 e. The first-order valence-electron chi connectivity index (χ1n) is 9.95. The normalized spacial score (nSPS) is 11.3. The first-order chi connectivity index (χ1) is 13.8. The lowest BCUT2D eigenvalue weighted by Crippen LogP contribution is -2.45. The molecular weight excluding hydrogens is 364 g/mol. The molecule has 1 aromatic heterocycles. The number of carbonyl (C=O) groups is 2. The number of aryl methyl sites for hydroxylation is 1. The molecule has 0 aliphatic carbocycles. The summed E-state index contributed by atoms with van der Waals surface area (Å²) in [6.45, 7) is 9.99. The summed E-state index contributed by atoms with van der Waals surface area (Å²) < 4.78 is 6.12. The number of H-pyrrole nitrogens is 1. The van der Waals surface area contributed by atoms with E-state index in [-0.39, 0.29) is 12.1 Å². The summed E-state index contributed by atoms with van der Waals surface area (Å²) >= 11 is 0. The number of nitrogens with one attached hydrogen (secondary N) is 1. The lowest BCUT2D eigenvalue weighted by molar-refractivity contribution is -0.129. The molecule has 0 aliphatic heterocycles. The Kier molecular flexibility index (Phi) is 6.06. The molecule has 2 aromatic carbocycles. The molecule has 29 heavy (non-hydrogen) atoms. The number of fused-ring (bicyclic) bond motifs is 1. The van der Waals surface area contributed by atoms with Gasteiger partial charge in [-0.15, -0.1) is 0 Å². The van der Waals surface area contributed by atoms with Crippen molar-refractivity contribution in [3.05, 3.63) is 65.4 Å².